The SMILES string of the molecule is CCn1c(=O)c(C(=O)Nc2ccccc2C(N)=O)cc2cccnc21. The highest BCUT2D eigenvalue weighted by atomic mass is 16.2. The van der Waals surface area contributed by atoms with E-state index in [1.54, 1.807) is 43.5 Å². The monoisotopic (exact) mass is 336 g/mol. The summed E-state index contributed by atoms with van der Waals surface area (Å²) in [4.78, 5) is 40.9. The van der Waals surface area contributed by atoms with Gasteiger partial charge in [-0.1, -0.05) is 12.1 Å². The Morgan fingerprint density at radius 1 is 1.16 bits per heavy atom. The maximum Gasteiger partial charge on any atom is 0.265 e. The zero-order valence-electron chi connectivity index (χ0n) is 13.5. The summed E-state index contributed by atoms with van der Waals surface area (Å²) in [5.74, 6) is -1.27. The number of carbonyl (C=O) groups is 2. The molecule has 0 atom stereocenters. The fourth-order valence-corrected chi connectivity index (χ4v) is 2.66. The molecule has 3 N–H and O–H groups in total. The van der Waals surface area contributed by atoms with E-state index in [4.69, 9.17) is 5.73 Å². The Morgan fingerprint density at radius 3 is 2.64 bits per heavy atom. The fraction of sp³-hybridized carbons (Fsp3) is 0.111. The standard InChI is InChI=1S/C18H16N4O3/c1-2-22-16-11(6-5-9-20-16)10-13(18(22)25)17(24)21-14-8-4-3-7-12(14)15(19)23/h3-10H,2H2,1H3,(H2,19,23)(H,21,24). The molecule has 1 aromatic carbocycles. The minimum atomic E-state index is -0.662. The number of rotatable bonds is 4. The second-order valence-electron chi connectivity index (χ2n) is 5.39. The Kier molecular flexibility index (Phi) is 4.30. The average Bonchev–Trinajstić information content (AvgIpc) is 2.61. The van der Waals surface area contributed by atoms with E-state index in [2.05, 4.69) is 10.3 Å². The summed E-state index contributed by atoms with van der Waals surface area (Å²) in [5, 5.41) is 3.27. The minimum absolute atomic E-state index is 0.0263. The number of hydrogen-bond donors (Lipinski definition) is 2. The van der Waals surface area contributed by atoms with Crippen molar-refractivity contribution in [2.24, 2.45) is 5.73 Å². The molecule has 7 heteroatoms. The lowest BCUT2D eigenvalue weighted by Crippen LogP contribution is -2.30. The smallest absolute Gasteiger partial charge is 0.265 e. The second-order valence-corrected chi connectivity index (χ2v) is 5.39. The van der Waals surface area contributed by atoms with Crippen LogP contribution in [0.5, 0.6) is 0 Å². The molecule has 2 amide bonds. The summed E-state index contributed by atoms with van der Waals surface area (Å²) < 4.78 is 1.43. The summed E-state index contributed by atoms with van der Waals surface area (Å²) in [5.41, 5.74) is 5.80. The average molecular weight is 336 g/mol. The lowest BCUT2D eigenvalue weighted by Gasteiger charge is -2.11. The van der Waals surface area contributed by atoms with Crippen LogP contribution in [0.4, 0.5) is 5.69 Å². The van der Waals surface area contributed by atoms with Crippen molar-refractivity contribution in [1.82, 2.24) is 9.55 Å². The van der Waals surface area contributed by atoms with Crippen LogP contribution in [0.2, 0.25) is 0 Å². The highest BCUT2D eigenvalue weighted by Crippen LogP contribution is 2.16. The normalized spacial score (nSPS) is 10.6. The van der Waals surface area contributed by atoms with Gasteiger partial charge in [0.1, 0.15) is 11.2 Å². The Bertz CT molecular complexity index is 1040. The number of aromatic nitrogens is 2. The molecule has 0 aliphatic carbocycles. The lowest BCUT2D eigenvalue weighted by molar-refractivity contribution is 0.100. The van der Waals surface area contributed by atoms with Crippen LogP contribution in [0, 0.1) is 0 Å². The molecule has 3 rings (SSSR count). The Hall–Kier alpha value is -3.48. The summed E-state index contributed by atoms with van der Waals surface area (Å²) in [6, 6.07) is 11.4. The highest BCUT2D eigenvalue weighted by Gasteiger charge is 2.17. The van der Waals surface area contributed by atoms with Gasteiger partial charge in [0.25, 0.3) is 17.4 Å². The molecule has 0 spiro atoms. The number of anilines is 1. The molecule has 25 heavy (non-hydrogen) atoms. The van der Waals surface area contributed by atoms with Crippen LogP contribution in [0.1, 0.15) is 27.6 Å². The molecule has 0 aliphatic rings. The third-order valence-electron chi connectivity index (χ3n) is 3.85. The van der Waals surface area contributed by atoms with Crippen LogP contribution in [0.25, 0.3) is 11.0 Å². The van der Waals surface area contributed by atoms with Crippen molar-refractivity contribution in [3.05, 3.63) is 70.1 Å². The van der Waals surface area contributed by atoms with Gasteiger partial charge in [-0.25, -0.2) is 4.98 Å². The van der Waals surface area contributed by atoms with Gasteiger partial charge >= 0.3 is 0 Å². The molecule has 0 radical (unpaired) electrons. The quantitative estimate of drug-likeness (QED) is 0.757. The first kappa shape index (κ1) is 16.4. The van der Waals surface area contributed by atoms with E-state index in [9.17, 15) is 14.4 Å². The topological polar surface area (TPSA) is 107 Å². The van der Waals surface area contributed by atoms with Crippen LogP contribution in [-0.2, 0) is 6.54 Å². The van der Waals surface area contributed by atoms with Crippen molar-refractivity contribution < 1.29 is 9.59 Å². The van der Waals surface area contributed by atoms with Crippen molar-refractivity contribution in [3.63, 3.8) is 0 Å². The predicted octanol–water partition coefficient (Wildman–Crippen LogP) is 1.77. The maximum absolute atomic E-state index is 12.6. The zero-order chi connectivity index (χ0) is 18.0. The first-order valence-corrected chi connectivity index (χ1v) is 7.71. The van der Waals surface area contributed by atoms with Crippen molar-refractivity contribution >= 4 is 28.5 Å². The summed E-state index contributed by atoms with van der Waals surface area (Å²) in [6.07, 6.45) is 1.59. The Labute approximate surface area is 143 Å². The molecule has 0 bridgehead atoms. The number of nitrogens with zero attached hydrogens (tertiary/aromatic N) is 2. The highest BCUT2D eigenvalue weighted by molar-refractivity contribution is 6.09. The predicted molar refractivity (Wildman–Crippen MR) is 94.6 cm³/mol. The van der Waals surface area contributed by atoms with Crippen LogP contribution >= 0.6 is 0 Å². The van der Waals surface area contributed by atoms with Crippen LogP contribution < -0.4 is 16.6 Å². The van der Waals surface area contributed by atoms with Gasteiger partial charge < -0.3 is 11.1 Å². The third kappa shape index (κ3) is 2.99. The van der Waals surface area contributed by atoms with Crippen LogP contribution in [0.15, 0.2) is 53.5 Å². The van der Waals surface area contributed by atoms with Crippen molar-refractivity contribution in [2.75, 3.05) is 5.32 Å². The van der Waals surface area contributed by atoms with Gasteiger partial charge in [-0.15, -0.1) is 0 Å². The number of amides is 2. The van der Waals surface area contributed by atoms with Crippen molar-refractivity contribution in [3.8, 4) is 0 Å². The summed E-state index contributed by atoms with van der Waals surface area (Å²) in [7, 11) is 0. The summed E-state index contributed by atoms with van der Waals surface area (Å²) in [6.45, 7) is 2.19. The van der Waals surface area contributed by atoms with Gasteiger partial charge in [0.2, 0.25) is 0 Å². The fourth-order valence-electron chi connectivity index (χ4n) is 2.66. The van der Waals surface area contributed by atoms with E-state index in [-0.39, 0.29) is 16.8 Å². The van der Waals surface area contributed by atoms with Gasteiger partial charge in [-0.2, -0.15) is 0 Å². The van der Waals surface area contributed by atoms with Crippen LogP contribution in [-0.4, -0.2) is 21.4 Å². The Morgan fingerprint density at radius 2 is 1.92 bits per heavy atom. The van der Waals surface area contributed by atoms with E-state index in [1.165, 1.54) is 16.7 Å². The molecule has 0 aliphatic heterocycles. The van der Waals surface area contributed by atoms with Crippen molar-refractivity contribution in [1.29, 1.82) is 0 Å². The molecule has 0 saturated heterocycles. The molecular formula is C18H16N4O3. The van der Waals surface area contributed by atoms with E-state index >= 15 is 0 Å². The molecular weight excluding hydrogens is 320 g/mol. The number of hydrogen-bond acceptors (Lipinski definition) is 4. The van der Waals surface area contributed by atoms with Crippen molar-refractivity contribution in [2.45, 2.75) is 13.5 Å². The Balaban J connectivity index is 2.08. The number of nitrogens with one attached hydrogen (secondary N) is 1. The van der Waals surface area contributed by atoms with E-state index in [1.807, 2.05) is 0 Å². The number of pyridine rings is 2. The van der Waals surface area contributed by atoms with Gasteiger partial charge in [0, 0.05) is 18.1 Å². The number of primary amides is 1. The number of para-hydroxylation sites is 1. The molecule has 0 fully saturated rings. The summed E-state index contributed by atoms with van der Waals surface area (Å²) >= 11 is 0. The number of fused-ring (bicyclic) bond motifs is 1. The van der Waals surface area contributed by atoms with Gasteiger partial charge in [-0.3, -0.25) is 19.0 Å². The lowest BCUT2D eigenvalue weighted by atomic mass is 10.1. The van der Waals surface area contributed by atoms with E-state index in [0.29, 0.717) is 17.6 Å². The van der Waals surface area contributed by atoms with E-state index < -0.39 is 17.4 Å². The first-order chi connectivity index (χ1) is 12.0. The number of nitrogens with two attached hydrogens (primary N) is 1. The number of carbonyl (C=O) groups excluding carboxylic acids is 2. The molecule has 126 valence electrons. The molecule has 3 aromatic rings. The largest absolute Gasteiger partial charge is 0.366 e. The maximum atomic E-state index is 12.6. The first-order valence-electron chi connectivity index (χ1n) is 7.71. The molecule has 2 heterocycles. The molecule has 0 unspecified atom stereocenters. The van der Waals surface area contributed by atoms with E-state index in [0.717, 1.165) is 0 Å². The zero-order valence-corrected chi connectivity index (χ0v) is 13.5. The second kappa shape index (κ2) is 6.56. The van der Waals surface area contributed by atoms with Gasteiger partial charge in [0.05, 0.1) is 11.3 Å². The molecule has 2 aromatic heterocycles. The number of benzene rings is 1. The van der Waals surface area contributed by atoms with Gasteiger partial charge in [0.15, 0.2) is 0 Å². The third-order valence-corrected chi connectivity index (χ3v) is 3.85. The number of aryl methyl sites for hydroxylation is 1. The molecule has 7 nitrogen and oxygen atoms in total. The van der Waals surface area contributed by atoms with Crippen LogP contribution in [0.3, 0.4) is 0 Å². The molecule has 0 saturated carbocycles. The minimum Gasteiger partial charge on any atom is -0.366 e. The van der Waals surface area contributed by atoms with Gasteiger partial charge in [-0.05, 0) is 37.3 Å².